The van der Waals surface area contributed by atoms with Crippen LogP contribution in [0.1, 0.15) is 5.69 Å². The van der Waals surface area contributed by atoms with Gasteiger partial charge in [0.25, 0.3) is 0 Å². The SMILES string of the molecule is CN(CCOc1cccc(Cl)c1)Cc1coc(-c2ccccc2)n1. The Morgan fingerprint density at radius 1 is 1.12 bits per heavy atom. The normalized spacial score (nSPS) is 11.0. The van der Waals surface area contributed by atoms with Crippen LogP contribution in [0.4, 0.5) is 0 Å². The van der Waals surface area contributed by atoms with E-state index in [9.17, 15) is 0 Å². The molecule has 0 aliphatic rings. The number of ether oxygens (including phenoxy) is 1. The van der Waals surface area contributed by atoms with Gasteiger partial charge in [0.15, 0.2) is 0 Å². The molecule has 0 aliphatic heterocycles. The summed E-state index contributed by atoms with van der Waals surface area (Å²) in [5.41, 5.74) is 1.88. The van der Waals surface area contributed by atoms with Crippen molar-refractivity contribution in [2.45, 2.75) is 6.54 Å². The summed E-state index contributed by atoms with van der Waals surface area (Å²) < 4.78 is 11.3. The molecular weight excluding hydrogens is 324 g/mol. The maximum absolute atomic E-state index is 5.94. The Bertz CT molecular complexity index is 774. The lowest BCUT2D eigenvalue weighted by molar-refractivity contribution is 0.231. The van der Waals surface area contributed by atoms with Crippen LogP contribution in [0.15, 0.2) is 65.3 Å². The van der Waals surface area contributed by atoms with E-state index in [0.29, 0.717) is 24.1 Å². The van der Waals surface area contributed by atoms with Crippen LogP contribution in [0.3, 0.4) is 0 Å². The second kappa shape index (κ2) is 7.99. The van der Waals surface area contributed by atoms with Crippen molar-refractivity contribution in [1.82, 2.24) is 9.88 Å². The van der Waals surface area contributed by atoms with Crippen LogP contribution >= 0.6 is 11.6 Å². The molecule has 1 aromatic heterocycles. The van der Waals surface area contributed by atoms with E-state index in [1.807, 2.05) is 61.6 Å². The summed E-state index contributed by atoms with van der Waals surface area (Å²) in [4.78, 5) is 6.67. The van der Waals surface area contributed by atoms with Gasteiger partial charge in [-0.3, -0.25) is 4.90 Å². The summed E-state index contributed by atoms with van der Waals surface area (Å²) >= 11 is 5.94. The highest BCUT2D eigenvalue weighted by Crippen LogP contribution is 2.19. The Labute approximate surface area is 146 Å². The van der Waals surface area contributed by atoms with Crippen molar-refractivity contribution in [3.05, 3.63) is 71.6 Å². The molecule has 0 saturated carbocycles. The standard InChI is InChI=1S/C19H19ClN2O2/c1-22(10-11-23-18-9-5-8-16(20)12-18)13-17-14-24-19(21-17)15-6-3-2-4-7-15/h2-9,12,14H,10-11,13H2,1H3. The third-order valence-corrected chi connectivity index (χ3v) is 3.78. The van der Waals surface area contributed by atoms with E-state index in [4.69, 9.17) is 20.8 Å². The van der Waals surface area contributed by atoms with E-state index in [1.54, 1.807) is 6.26 Å². The minimum absolute atomic E-state index is 0.584. The van der Waals surface area contributed by atoms with Gasteiger partial charge in [-0.2, -0.15) is 0 Å². The average Bonchev–Trinajstić information content (AvgIpc) is 3.04. The third kappa shape index (κ3) is 4.60. The topological polar surface area (TPSA) is 38.5 Å². The van der Waals surface area contributed by atoms with Crippen LogP contribution < -0.4 is 4.74 Å². The molecule has 0 fully saturated rings. The number of halogens is 1. The number of hydrogen-bond donors (Lipinski definition) is 0. The maximum atomic E-state index is 5.94. The highest BCUT2D eigenvalue weighted by molar-refractivity contribution is 6.30. The number of hydrogen-bond acceptors (Lipinski definition) is 4. The summed E-state index contributed by atoms with van der Waals surface area (Å²) in [6, 6.07) is 17.3. The number of benzene rings is 2. The summed E-state index contributed by atoms with van der Waals surface area (Å²) in [5.74, 6) is 1.43. The molecule has 5 heteroatoms. The lowest BCUT2D eigenvalue weighted by Crippen LogP contribution is -2.24. The molecule has 0 radical (unpaired) electrons. The fourth-order valence-corrected chi connectivity index (χ4v) is 2.50. The van der Waals surface area contributed by atoms with Gasteiger partial charge in [-0.25, -0.2) is 4.98 Å². The van der Waals surface area contributed by atoms with Crippen molar-refractivity contribution < 1.29 is 9.15 Å². The Kier molecular flexibility index (Phi) is 5.51. The van der Waals surface area contributed by atoms with E-state index in [0.717, 1.165) is 23.6 Å². The Morgan fingerprint density at radius 2 is 1.96 bits per heavy atom. The van der Waals surface area contributed by atoms with Gasteiger partial charge in [-0.1, -0.05) is 35.9 Å². The maximum Gasteiger partial charge on any atom is 0.226 e. The first kappa shape index (κ1) is 16.6. The fraction of sp³-hybridized carbons (Fsp3) is 0.211. The Hall–Kier alpha value is -2.30. The third-order valence-electron chi connectivity index (χ3n) is 3.54. The van der Waals surface area contributed by atoms with E-state index >= 15 is 0 Å². The molecule has 0 unspecified atom stereocenters. The second-order valence-electron chi connectivity index (χ2n) is 5.55. The molecule has 2 aromatic carbocycles. The van der Waals surface area contributed by atoms with Gasteiger partial charge >= 0.3 is 0 Å². The van der Waals surface area contributed by atoms with Gasteiger partial charge in [0.2, 0.25) is 5.89 Å². The monoisotopic (exact) mass is 342 g/mol. The smallest absolute Gasteiger partial charge is 0.226 e. The molecule has 1 heterocycles. The number of likely N-dealkylation sites (N-methyl/N-ethyl adjacent to an activating group) is 1. The highest BCUT2D eigenvalue weighted by Gasteiger charge is 2.08. The number of nitrogens with zero attached hydrogens (tertiary/aromatic N) is 2. The Morgan fingerprint density at radius 3 is 2.75 bits per heavy atom. The van der Waals surface area contributed by atoms with E-state index in [2.05, 4.69) is 9.88 Å². The van der Waals surface area contributed by atoms with Crippen molar-refractivity contribution in [3.8, 4) is 17.2 Å². The van der Waals surface area contributed by atoms with Crippen LogP contribution in [0, 0.1) is 0 Å². The van der Waals surface area contributed by atoms with Crippen molar-refractivity contribution in [3.63, 3.8) is 0 Å². The van der Waals surface area contributed by atoms with Gasteiger partial charge in [-0.15, -0.1) is 0 Å². The van der Waals surface area contributed by atoms with Crippen molar-refractivity contribution in [1.29, 1.82) is 0 Å². The second-order valence-corrected chi connectivity index (χ2v) is 5.99. The molecule has 3 rings (SSSR count). The average molecular weight is 343 g/mol. The molecule has 0 spiro atoms. The number of aromatic nitrogens is 1. The van der Waals surface area contributed by atoms with Crippen LogP contribution in [0.2, 0.25) is 5.02 Å². The van der Waals surface area contributed by atoms with E-state index in [1.165, 1.54) is 0 Å². The number of oxazole rings is 1. The zero-order chi connectivity index (χ0) is 16.8. The molecule has 0 bridgehead atoms. The van der Waals surface area contributed by atoms with Crippen LogP contribution in [0.5, 0.6) is 5.75 Å². The summed E-state index contributed by atoms with van der Waals surface area (Å²) in [6.45, 7) is 2.06. The molecule has 0 aliphatic carbocycles. The molecule has 24 heavy (non-hydrogen) atoms. The largest absolute Gasteiger partial charge is 0.492 e. The number of rotatable bonds is 7. The van der Waals surface area contributed by atoms with Gasteiger partial charge in [0.05, 0.1) is 5.69 Å². The molecule has 0 amide bonds. The van der Waals surface area contributed by atoms with Gasteiger partial charge in [0, 0.05) is 23.7 Å². The fourth-order valence-electron chi connectivity index (χ4n) is 2.32. The van der Waals surface area contributed by atoms with Crippen molar-refractivity contribution in [2.24, 2.45) is 0 Å². The predicted octanol–water partition coefficient (Wildman–Crippen LogP) is 4.51. The van der Waals surface area contributed by atoms with Gasteiger partial charge in [-0.05, 0) is 37.4 Å². The van der Waals surface area contributed by atoms with Crippen LogP contribution in [-0.2, 0) is 6.54 Å². The Balaban J connectivity index is 1.48. The molecular formula is C19H19ClN2O2. The molecule has 0 atom stereocenters. The first-order valence-electron chi connectivity index (χ1n) is 7.77. The van der Waals surface area contributed by atoms with Crippen molar-refractivity contribution >= 4 is 11.6 Å². The minimum atomic E-state index is 0.584. The van der Waals surface area contributed by atoms with Crippen LogP contribution in [0.25, 0.3) is 11.5 Å². The van der Waals surface area contributed by atoms with E-state index in [-0.39, 0.29) is 0 Å². The summed E-state index contributed by atoms with van der Waals surface area (Å²) in [7, 11) is 2.03. The van der Waals surface area contributed by atoms with Gasteiger partial charge < -0.3 is 9.15 Å². The highest BCUT2D eigenvalue weighted by atomic mass is 35.5. The molecule has 124 valence electrons. The quantitative estimate of drug-likeness (QED) is 0.633. The predicted molar refractivity (Wildman–Crippen MR) is 95.2 cm³/mol. The first-order chi connectivity index (χ1) is 11.7. The zero-order valence-electron chi connectivity index (χ0n) is 13.5. The molecule has 4 nitrogen and oxygen atoms in total. The van der Waals surface area contributed by atoms with Crippen LogP contribution in [-0.4, -0.2) is 30.1 Å². The van der Waals surface area contributed by atoms with Gasteiger partial charge in [0.1, 0.15) is 18.6 Å². The summed E-state index contributed by atoms with van der Waals surface area (Å²) in [6.07, 6.45) is 1.71. The zero-order valence-corrected chi connectivity index (χ0v) is 14.2. The molecule has 0 saturated heterocycles. The molecule has 3 aromatic rings. The lowest BCUT2D eigenvalue weighted by atomic mass is 10.2. The summed E-state index contributed by atoms with van der Waals surface area (Å²) in [5, 5.41) is 0.678. The van der Waals surface area contributed by atoms with E-state index < -0.39 is 0 Å². The lowest BCUT2D eigenvalue weighted by Gasteiger charge is -2.15. The molecule has 0 N–H and O–H groups in total. The minimum Gasteiger partial charge on any atom is -0.492 e. The van der Waals surface area contributed by atoms with Crippen molar-refractivity contribution in [2.75, 3.05) is 20.2 Å². The first-order valence-corrected chi connectivity index (χ1v) is 8.15.